The lowest BCUT2D eigenvalue weighted by Crippen LogP contribution is -2.32. The first-order valence-corrected chi connectivity index (χ1v) is 12.3. The van der Waals surface area contributed by atoms with Gasteiger partial charge in [-0.3, -0.25) is 9.59 Å². The van der Waals surface area contributed by atoms with Crippen LogP contribution in [0.25, 0.3) is 5.69 Å². The number of rotatable bonds is 8. The minimum Gasteiger partial charge on any atom is -0.345 e. The first-order valence-electron chi connectivity index (χ1n) is 12.3. The number of carbonyl (C=O) groups is 2. The fourth-order valence-electron chi connectivity index (χ4n) is 4.59. The number of hydrazone groups is 1. The predicted molar refractivity (Wildman–Crippen MR) is 148 cm³/mol. The third-order valence-corrected chi connectivity index (χ3v) is 6.46. The van der Waals surface area contributed by atoms with Gasteiger partial charge in [-0.25, -0.2) is 5.43 Å². The molecule has 4 rings (SSSR count). The van der Waals surface area contributed by atoms with Crippen LogP contribution in [0.15, 0.2) is 90.0 Å². The van der Waals surface area contributed by atoms with Crippen LogP contribution in [0.2, 0.25) is 0 Å². The van der Waals surface area contributed by atoms with Crippen molar-refractivity contribution >= 4 is 18.0 Å². The number of aromatic nitrogens is 1. The molecule has 0 aliphatic heterocycles. The zero-order valence-corrected chi connectivity index (χ0v) is 21.7. The molecule has 2 N–H and O–H groups in total. The van der Waals surface area contributed by atoms with Gasteiger partial charge in [0.05, 0.1) is 24.4 Å². The third kappa shape index (κ3) is 6.04. The molecular weight excluding hydrogens is 460 g/mol. The molecule has 1 aromatic heterocycles. The fourth-order valence-corrected chi connectivity index (χ4v) is 4.59. The zero-order chi connectivity index (χ0) is 26.4. The van der Waals surface area contributed by atoms with Gasteiger partial charge in [-0.05, 0) is 62.6 Å². The lowest BCUT2D eigenvalue weighted by molar-refractivity contribution is -0.121. The Kier molecular flexibility index (Phi) is 7.98. The van der Waals surface area contributed by atoms with Gasteiger partial charge in [0.25, 0.3) is 5.91 Å². The Morgan fingerprint density at radius 3 is 2.14 bits per heavy atom. The molecule has 6 heteroatoms. The van der Waals surface area contributed by atoms with Crippen LogP contribution in [0.4, 0.5) is 0 Å². The molecule has 0 saturated heterocycles. The Morgan fingerprint density at radius 2 is 1.49 bits per heavy atom. The van der Waals surface area contributed by atoms with E-state index in [0.717, 1.165) is 22.5 Å². The largest absolute Gasteiger partial charge is 0.345 e. The summed E-state index contributed by atoms with van der Waals surface area (Å²) in [5, 5.41) is 7.21. The van der Waals surface area contributed by atoms with Crippen molar-refractivity contribution in [3.05, 3.63) is 124 Å². The van der Waals surface area contributed by atoms with Gasteiger partial charge >= 0.3 is 0 Å². The standard InChI is InChI=1S/C31H32N4O2/c1-21-12-11-13-22(2)30(21)35-23(3)18-27(24(35)4)20-32-34-29(36)19-28(25-14-7-5-8-15-25)33-31(37)26-16-9-6-10-17-26/h5-18,20,28H,19H2,1-4H3,(H,33,37)(H,34,36)/b32-20-/t28-/m0/s1. The maximum Gasteiger partial charge on any atom is 0.251 e. The predicted octanol–water partition coefficient (Wildman–Crippen LogP) is 5.72. The van der Waals surface area contributed by atoms with Gasteiger partial charge in [-0.15, -0.1) is 0 Å². The monoisotopic (exact) mass is 492 g/mol. The number of aryl methyl sites for hydroxylation is 3. The molecule has 0 unspecified atom stereocenters. The summed E-state index contributed by atoms with van der Waals surface area (Å²) in [6, 6.07) is 26.3. The molecule has 2 amide bonds. The van der Waals surface area contributed by atoms with Crippen molar-refractivity contribution in [3.8, 4) is 5.69 Å². The molecule has 0 radical (unpaired) electrons. The maximum absolute atomic E-state index is 12.8. The highest BCUT2D eigenvalue weighted by Crippen LogP contribution is 2.25. The van der Waals surface area contributed by atoms with E-state index in [1.807, 2.05) is 55.5 Å². The summed E-state index contributed by atoms with van der Waals surface area (Å²) >= 11 is 0. The van der Waals surface area contributed by atoms with Crippen molar-refractivity contribution < 1.29 is 9.59 Å². The van der Waals surface area contributed by atoms with Gasteiger partial charge in [-0.2, -0.15) is 5.10 Å². The van der Waals surface area contributed by atoms with Gasteiger partial charge < -0.3 is 9.88 Å². The summed E-state index contributed by atoms with van der Waals surface area (Å²) in [5.74, 6) is -0.522. The average molecular weight is 493 g/mol. The summed E-state index contributed by atoms with van der Waals surface area (Å²) in [6.45, 7) is 8.32. The van der Waals surface area contributed by atoms with Gasteiger partial charge in [0, 0.05) is 22.5 Å². The van der Waals surface area contributed by atoms with Crippen LogP contribution in [-0.4, -0.2) is 22.6 Å². The molecule has 6 nitrogen and oxygen atoms in total. The second kappa shape index (κ2) is 11.5. The van der Waals surface area contributed by atoms with Crippen molar-refractivity contribution in [1.29, 1.82) is 0 Å². The lowest BCUT2D eigenvalue weighted by Gasteiger charge is -2.18. The molecule has 188 valence electrons. The Morgan fingerprint density at radius 1 is 0.865 bits per heavy atom. The fraction of sp³-hybridized carbons (Fsp3) is 0.194. The molecule has 0 bridgehead atoms. The van der Waals surface area contributed by atoms with E-state index in [1.165, 1.54) is 16.8 Å². The number of nitrogens with one attached hydrogen (secondary N) is 2. The number of para-hydroxylation sites is 1. The number of hydrogen-bond donors (Lipinski definition) is 2. The van der Waals surface area contributed by atoms with Crippen molar-refractivity contribution in [2.75, 3.05) is 0 Å². The summed E-state index contributed by atoms with van der Waals surface area (Å²) in [6.07, 6.45) is 1.73. The molecule has 1 atom stereocenters. The Bertz CT molecular complexity index is 1400. The van der Waals surface area contributed by atoms with Gasteiger partial charge in [-0.1, -0.05) is 66.7 Å². The SMILES string of the molecule is Cc1cccc(C)c1-n1c(C)cc(/C=N\NC(=O)C[C@H](NC(=O)c2ccccc2)c2ccccc2)c1C. The zero-order valence-electron chi connectivity index (χ0n) is 21.7. The van der Waals surface area contributed by atoms with Crippen LogP contribution in [0, 0.1) is 27.7 Å². The number of nitrogens with zero attached hydrogens (tertiary/aromatic N) is 2. The van der Waals surface area contributed by atoms with Crippen molar-refractivity contribution in [2.45, 2.75) is 40.2 Å². The molecule has 0 aliphatic carbocycles. The van der Waals surface area contributed by atoms with Crippen molar-refractivity contribution in [3.63, 3.8) is 0 Å². The Hall–Kier alpha value is -4.45. The van der Waals surface area contributed by atoms with E-state index >= 15 is 0 Å². The highest BCUT2D eigenvalue weighted by atomic mass is 16.2. The highest BCUT2D eigenvalue weighted by Gasteiger charge is 2.19. The molecule has 3 aromatic carbocycles. The topological polar surface area (TPSA) is 75.5 Å². The van der Waals surface area contributed by atoms with E-state index in [2.05, 4.69) is 65.4 Å². The normalized spacial score (nSPS) is 11.9. The van der Waals surface area contributed by atoms with Gasteiger partial charge in [0.2, 0.25) is 5.91 Å². The van der Waals surface area contributed by atoms with E-state index in [1.54, 1.807) is 18.3 Å². The molecular formula is C31H32N4O2. The second-order valence-electron chi connectivity index (χ2n) is 9.20. The van der Waals surface area contributed by atoms with E-state index in [4.69, 9.17) is 0 Å². The third-order valence-electron chi connectivity index (χ3n) is 6.46. The molecule has 4 aromatic rings. The smallest absolute Gasteiger partial charge is 0.251 e. The molecule has 0 saturated carbocycles. The van der Waals surface area contributed by atoms with Crippen molar-refractivity contribution in [1.82, 2.24) is 15.3 Å². The Labute approximate surface area is 218 Å². The van der Waals surface area contributed by atoms with Crippen molar-refractivity contribution in [2.24, 2.45) is 5.10 Å². The van der Waals surface area contributed by atoms with E-state index in [9.17, 15) is 9.59 Å². The summed E-state index contributed by atoms with van der Waals surface area (Å²) in [4.78, 5) is 25.6. The highest BCUT2D eigenvalue weighted by molar-refractivity contribution is 5.94. The first-order chi connectivity index (χ1) is 17.8. The van der Waals surface area contributed by atoms with Crippen LogP contribution in [0.5, 0.6) is 0 Å². The molecule has 37 heavy (non-hydrogen) atoms. The number of carbonyl (C=O) groups excluding carboxylic acids is 2. The average Bonchev–Trinajstić information content (AvgIpc) is 3.17. The lowest BCUT2D eigenvalue weighted by atomic mass is 10.0. The number of amides is 2. The summed E-state index contributed by atoms with van der Waals surface area (Å²) in [5.41, 5.74) is 10.7. The Balaban J connectivity index is 1.47. The number of benzene rings is 3. The van der Waals surface area contributed by atoms with E-state index in [-0.39, 0.29) is 18.2 Å². The molecule has 0 spiro atoms. The molecule has 0 aliphatic rings. The summed E-state index contributed by atoms with van der Waals surface area (Å²) < 4.78 is 2.22. The maximum atomic E-state index is 12.8. The number of hydrogen-bond acceptors (Lipinski definition) is 3. The molecule has 0 fully saturated rings. The molecule has 1 heterocycles. The quantitative estimate of drug-likeness (QED) is 0.244. The van der Waals surface area contributed by atoms with E-state index < -0.39 is 6.04 Å². The summed E-state index contributed by atoms with van der Waals surface area (Å²) in [7, 11) is 0. The minimum atomic E-state index is -0.488. The minimum absolute atomic E-state index is 0.0569. The van der Waals surface area contributed by atoms with E-state index in [0.29, 0.717) is 5.56 Å². The second-order valence-corrected chi connectivity index (χ2v) is 9.20. The van der Waals surface area contributed by atoms with Crippen LogP contribution < -0.4 is 10.7 Å². The van der Waals surface area contributed by atoms with Gasteiger partial charge in [0.1, 0.15) is 0 Å². The van der Waals surface area contributed by atoms with Crippen LogP contribution in [0.3, 0.4) is 0 Å². The van der Waals surface area contributed by atoms with Crippen LogP contribution in [0.1, 0.15) is 56.5 Å². The first kappa shape index (κ1) is 25.6. The van der Waals surface area contributed by atoms with Crippen LogP contribution in [-0.2, 0) is 4.79 Å². The van der Waals surface area contributed by atoms with Gasteiger partial charge in [0.15, 0.2) is 0 Å². The van der Waals surface area contributed by atoms with Crippen LogP contribution >= 0.6 is 0 Å².